The number of carboxylic acid groups (broad SMARTS) is 1. The molecule has 0 aliphatic carbocycles. The first-order valence-corrected chi connectivity index (χ1v) is 17.8. The van der Waals surface area contributed by atoms with Gasteiger partial charge in [-0.05, 0) is 52.3 Å². The third-order valence-electron chi connectivity index (χ3n) is 8.42. The molecule has 3 heterocycles. The Morgan fingerprint density at radius 1 is 0.894 bits per heavy atom. The van der Waals surface area contributed by atoms with E-state index >= 15 is 0 Å². The van der Waals surface area contributed by atoms with Crippen LogP contribution >= 0.6 is 23.1 Å². The van der Waals surface area contributed by atoms with Gasteiger partial charge in [0, 0.05) is 10.2 Å². The van der Waals surface area contributed by atoms with Crippen LogP contribution in [-0.2, 0) is 4.79 Å². The van der Waals surface area contributed by atoms with E-state index in [0.29, 0.717) is 35.5 Å². The number of hydrogen-bond donors (Lipinski definition) is 1. The Labute approximate surface area is 284 Å². The van der Waals surface area contributed by atoms with E-state index in [1.807, 2.05) is 23.9 Å². The van der Waals surface area contributed by atoms with E-state index < -0.39 is 5.97 Å². The minimum Gasteiger partial charge on any atom is -0.485 e. The number of carbonyl (C=O) groups is 1. The SMILES string of the molecule is CCCCCCC1C=C(c2sc(/C=C(/C#N)C(=O)O)c3c2OCCO3)SC1c1ccc(C=C(c2ccccc2)c2ccccc2)cc1. The van der Waals surface area contributed by atoms with Gasteiger partial charge in [0.15, 0.2) is 11.5 Å². The molecule has 0 fully saturated rings. The van der Waals surface area contributed by atoms with Gasteiger partial charge in [0.1, 0.15) is 24.9 Å². The maximum atomic E-state index is 11.6. The van der Waals surface area contributed by atoms with Crippen LogP contribution in [0.3, 0.4) is 0 Å². The summed E-state index contributed by atoms with van der Waals surface area (Å²) in [7, 11) is 0. The number of fused-ring (bicyclic) bond motifs is 1. The molecule has 0 radical (unpaired) electrons. The summed E-state index contributed by atoms with van der Waals surface area (Å²) in [6.45, 7) is 3.04. The van der Waals surface area contributed by atoms with Gasteiger partial charge in [0.05, 0.1) is 9.75 Å². The minimum absolute atomic E-state index is 0.238. The average molecular weight is 660 g/mol. The average Bonchev–Trinajstić information content (AvgIpc) is 3.70. The summed E-state index contributed by atoms with van der Waals surface area (Å²) in [6, 6.07) is 31.8. The Hall–Kier alpha value is -4.51. The molecule has 3 aromatic carbocycles. The van der Waals surface area contributed by atoms with Crippen molar-refractivity contribution in [3.63, 3.8) is 0 Å². The standard InChI is InChI=1S/C40H37NO4S2/c1-2-3-4-7-16-31-24-35(39-37-36(44-21-22-45-37)34(46-39)25-32(26-41)40(42)43)47-38(31)30-19-17-27(18-20-30)23-33(28-12-8-5-9-13-28)29-14-10-6-11-15-29/h5-6,8-15,17-20,23-25,31,38H,2-4,7,16,21-22H2,1H3,(H,42,43)/b32-25-. The van der Waals surface area contributed by atoms with E-state index in [1.54, 1.807) is 6.07 Å². The predicted molar refractivity (Wildman–Crippen MR) is 193 cm³/mol. The van der Waals surface area contributed by atoms with Gasteiger partial charge in [-0.2, -0.15) is 5.26 Å². The summed E-state index contributed by atoms with van der Waals surface area (Å²) in [5.74, 6) is 0.257. The summed E-state index contributed by atoms with van der Waals surface area (Å²) in [5.41, 5.74) is 5.64. The Kier molecular flexibility index (Phi) is 10.6. The van der Waals surface area contributed by atoms with Gasteiger partial charge in [0.25, 0.3) is 0 Å². The molecule has 0 spiro atoms. The van der Waals surface area contributed by atoms with Gasteiger partial charge in [-0.25, -0.2) is 4.79 Å². The van der Waals surface area contributed by atoms with Crippen LogP contribution in [-0.4, -0.2) is 24.3 Å². The molecule has 0 saturated carbocycles. The number of aliphatic carboxylic acids is 1. The summed E-state index contributed by atoms with van der Waals surface area (Å²) < 4.78 is 12.1. The smallest absolute Gasteiger partial charge is 0.346 e. The van der Waals surface area contributed by atoms with Crippen molar-refractivity contribution >= 4 is 51.7 Å². The lowest BCUT2D eigenvalue weighted by molar-refractivity contribution is -0.132. The number of hydrogen-bond acceptors (Lipinski definition) is 6. The second kappa shape index (κ2) is 15.4. The highest BCUT2D eigenvalue weighted by Crippen LogP contribution is 2.58. The highest BCUT2D eigenvalue weighted by atomic mass is 32.2. The van der Waals surface area contributed by atoms with Crippen LogP contribution in [0.5, 0.6) is 11.5 Å². The van der Waals surface area contributed by atoms with Crippen molar-refractivity contribution in [1.29, 1.82) is 5.26 Å². The van der Waals surface area contributed by atoms with Crippen molar-refractivity contribution in [3.05, 3.63) is 129 Å². The maximum Gasteiger partial charge on any atom is 0.346 e. The topological polar surface area (TPSA) is 79.6 Å². The molecular formula is C40H37NO4S2. The van der Waals surface area contributed by atoms with Crippen LogP contribution in [0.1, 0.15) is 76.3 Å². The second-order valence-corrected chi connectivity index (χ2v) is 13.9. The third-order valence-corrected chi connectivity index (χ3v) is 11.2. The fraction of sp³-hybridized carbons (Fsp3) is 0.250. The summed E-state index contributed by atoms with van der Waals surface area (Å²) in [5, 5.41) is 19.1. The Balaban J connectivity index is 1.31. The summed E-state index contributed by atoms with van der Waals surface area (Å²) in [4.78, 5) is 14.3. The molecule has 2 aliphatic rings. The molecular weight excluding hydrogens is 623 g/mol. The lowest BCUT2D eigenvalue weighted by Crippen LogP contribution is -2.15. The normalized spacial score (nSPS) is 17.1. The molecule has 6 rings (SSSR count). The number of thioether (sulfide) groups is 1. The van der Waals surface area contributed by atoms with Gasteiger partial charge in [-0.15, -0.1) is 23.1 Å². The third kappa shape index (κ3) is 7.56. The number of benzene rings is 3. The number of carboxylic acids is 1. The molecule has 2 atom stereocenters. The Morgan fingerprint density at radius 2 is 1.55 bits per heavy atom. The van der Waals surface area contributed by atoms with Gasteiger partial charge in [0.2, 0.25) is 0 Å². The maximum absolute atomic E-state index is 11.6. The van der Waals surface area contributed by atoms with Crippen molar-refractivity contribution in [2.45, 2.75) is 44.3 Å². The van der Waals surface area contributed by atoms with Crippen molar-refractivity contribution in [2.75, 3.05) is 13.2 Å². The van der Waals surface area contributed by atoms with Crippen LogP contribution in [0.25, 0.3) is 22.6 Å². The van der Waals surface area contributed by atoms with Crippen LogP contribution in [0.2, 0.25) is 0 Å². The van der Waals surface area contributed by atoms with Crippen molar-refractivity contribution in [1.82, 2.24) is 0 Å². The van der Waals surface area contributed by atoms with Crippen LogP contribution in [0, 0.1) is 17.2 Å². The molecule has 1 N–H and O–H groups in total. The fourth-order valence-corrected chi connectivity index (χ4v) is 8.78. The highest BCUT2D eigenvalue weighted by Gasteiger charge is 2.34. The zero-order valence-electron chi connectivity index (χ0n) is 26.4. The molecule has 0 bridgehead atoms. The van der Waals surface area contributed by atoms with Crippen molar-refractivity contribution in [2.24, 2.45) is 5.92 Å². The second-order valence-electron chi connectivity index (χ2n) is 11.7. The molecule has 0 amide bonds. The first-order valence-electron chi connectivity index (χ1n) is 16.1. The van der Waals surface area contributed by atoms with E-state index in [9.17, 15) is 15.2 Å². The van der Waals surface area contributed by atoms with Gasteiger partial charge in [-0.3, -0.25) is 0 Å². The van der Waals surface area contributed by atoms with E-state index in [0.717, 1.165) is 28.2 Å². The zero-order chi connectivity index (χ0) is 32.6. The number of unbranched alkanes of at least 4 members (excludes halogenated alkanes) is 3. The molecule has 238 valence electrons. The van der Waals surface area contributed by atoms with E-state index in [1.165, 1.54) is 58.9 Å². The number of nitrogens with zero attached hydrogens (tertiary/aromatic N) is 1. The van der Waals surface area contributed by atoms with Gasteiger partial charge in [-0.1, -0.05) is 124 Å². The first-order chi connectivity index (χ1) is 23.1. The number of ether oxygens (including phenoxy) is 2. The summed E-state index contributed by atoms with van der Waals surface area (Å²) in [6.07, 6.45) is 11.9. The number of thiophene rings is 1. The number of allylic oxidation sites excluding steroid dienone is 1. The Bertz CT molecular complexity index is 1790. The van der Waals surface area contributed by atoms with E-state index in [4.69, 9.17) is 9.47 Å². The predicted octanol–water partition coefficient (Wildman–Crippen LogP) is 10.5. The highest BCUT2D eigenvalue weighted by molar-refractivity contribution is 8.09. The molecule has 1 aromatic heterocycles. The molecule has 2 unspecified atom stereocenters. The number of rotatable bonds is 12. The van der Waals surface area contributed by atoms with E-state index in [2.05, 4.69) is 91.9 Å². The van der Waals surface area contributed by atoms with Crippen LogP contribution < -0.4 is 9.47 Å². The monoisotopic (exact) mass is 659 g/mol. The molecule has 4 aromatic rings. The van der Waals surface area contributed by atoms with Gasteiger partial charge < -0.3 is 14.6 Å². The fourth-order valence-electron chi connectivity index (χ4n) is 6.05. The van der Waals surface area contributed by atoms with Crippen molar-refractivity contribution < 1.29 is 19.4 Å². The van der Waals surface area contributed by atoms with Crippen LogP contribution in [0.4, 0.5) is 0 Å². The summed E-state index contributed by atoms with van der Waals surface area (Å²) >= 11 is 3.27. The number of nitriles is 1. The molecule has 47 heavy (non-hydrogen) atoms. The Morgan fingerprint density at radius 3 is 2.17 bits per heavy atom. The largest absolute Gasteiger partial charge is 0.485 e. The molecule has 2 aliphatic heterocycles. The first kappa shape index (κ1) is 32.4. The van der Waals surface area contributed by atoms with Crippen molar-refractivity contribution in [3.8, 4) is 17.6 Å². The zero-order valence-corrected chi connectivity index (χ0v) is 28.0. The molecule has 5 nitrogen and oxygen atoms in total. The van der Waals surface area contributed by atoms with Gasteiger partial charge >= 0.3 is 5.97 Å². The lowest BCUT2D eigenvalue weighted by Gasteiger charge is -2.20. The lowest BCUT2D eigenvalue weighted by atomic mass is 9.91. The quantitative estimate of drug-likeness (QED) is 0.0706. The van der Waals surface area contributed by atoms with E-state index in [-0.39, 0.29) is 10.8 Å². The molecule has 7 heteroatoms. The molecule has 0 saturated heterocycles. The van der Waals surface area contributed by atoms with Crippen LogP contribution in [0.15, 0.2) is 96.6 Å². The minimum atomic E-state index is -1.26.